The molecule has 0 saturated carbocycles. The number of likely N-dealkylation sites (tertiary alicyclic amines) is 1. The van der Waals surface area contributed by atoms with E-state index in [9.17, 15) is 14.8 Å². The van der Waals surface area contributed by atoms with Crippen LogP contribution in [-0.2, 0) is 0 Å². The third-order valence-electron chi connectivity index (χ3n) is 5.84. The summed E-state index contributed by atoms with van der Waals surface area (Å²) in [6.45, 7) is 1.62. The normalized spacial score (nSPS) is 13.8. The van der Waals surface area contributed by atoms with E-state index in [-0.39, 0.29) is 11.6 Å². The minimum atomic E-state index is -0.816. The number of hydrogen-bond donors (Lipinski definition) is 2. The molecule has 0 spiro atoms. The molecule has 166 valence electrons. The van der Waals surface area contributed by atoms with Gasteiger partial charge in [0.25, 0.3) is 5.91 Å². The van der Waals surface area contributed by atoms with Crippen LogP contribution < -0.4 is 11.0 Å². The summed E-state index contributed by atoms with van der Waals surface area (Å²) in [5.41, 5.74) is 2.55. The quantitative estimate of drug-likeness (QED) is 0.463. The van der Waals surface area contributed by atoms with Gasteiger partial charge in [-0.2, -0.15) is 4.98 Å². The van der Waals surface area contributed by atoms with E-state index in [4.69, 9.17) is 0 Å². The molecule has 1 aliphatic heterocycles. The fraction of sp³-hybridized carbons (Fsp3) is 0.200. The number of nitrogens with zero attached hydrogens (tertiary/aromatic N) is 4. The van der Waals surface area contributed by atoms with Crippen LogP contribution in [0.1, 0.15) is 29.6 Å². The predicted octanol–water partition coefficient (Wildman–Crippen LogP) is 4.07. The van der Waals surface area contributed by atoms with Gasteiger partial charge >= 0.3 is 5.69 Å². The van der Waals surface area contributed by atoms with E-state index >= 15 is 0 Å². The molecular formula is C25H23N5O3. The fourth-order valence-electron chi connectivity index (χ4n) is 4.16. The number of piperidine rings is 1. The van der Waals surface area contributed by atoms with Gasteiger partial charge in [-0.3, -0.25) is 4.79 Å². The summed E-state index contributed by atoms with van der Waals surface area (Å²) in [5.74, 6) is 0.373. The minimum Gasteiger partial charge on any atom is -0.422 e. The number of hydrogen-bond acceptors (Lipinski definition) is 6. The van der Waals surface area contributed by atoms with E-state index in [0.29, 0.717) is 27.2 Å². The maximum atomic E-state index is 12.9. The van der Waals surface area contributed by atoms with Crippen molar-refractivity contribution in [3.05, 3.63) is 82.9 Å². The van der Waals surface area contributed by atoms with Gasteiger partial charge in [-0.1, -0.05) is 24.3 Å². The summed E-state index contributed by atoms with van der Waals surface area (Å²) in [5, 5.41) is 13.6. The van der Waals surface area contributed by atoms with Crippen molar-refractivity contribution in [1.29, 1.82) is 0 Å². The molecule has 4 aromatic rings. The minimum absolute atomic E-state index is 0.0681. The number of carbonyl (C=O) groups is 1. The van der Waals surface area contributed by atoms with Crippen molar-refractivity contribution < 1.29 is 10.0 Å². The first-order valence-corrected chi connectivity index (χ1v) is 10.9. The molecule has 1 amide bonds. The summed E-state index contributed by atoms with van der Waals surface area (Å²) in [6, 6.07) is 18.7. The van der Waals surface area contributed by atoms with E-state index in [1.165, 1.54) is 12.6 Å². The molecule has 0 atom stereocenters. The second-order valence-electron chi connectivity index (χ2n) is 8.07. The maximum absolute atomic E-state index is 12.9. The van der Waals surface area contributed by atoms with E-state index in [2.05, 4.69) is 15.3 Å². The molecule has 0 aliphatic carbocycles. The largest absolute Gasteiger partial charge is 0.422 e. The fourth-order valence-corrected chi connectivity index (χ4v) is 4.16. The molecule has 0 radical (unpaired) electrons. The zero-order valence-corrected chi connectivity index (χ0v) is 17.9. The second-order valence-corrected chi connectivity index (χ2v) is 8.07. The van der Waals surface area contributed by atoms with Gasteiger partial charge in [0.1, 0.15) is 5.82 Å². The van der Waals surface area contributed by atoms with Gasteiger partial charge in [-0.15, -0.1) is 4.73 Å². The number of pyridine rings is 1. The average Bonchev–Trinajstić information content (AvgIpc) is 2.87. The first kappa shape index (κ1) is 20.7. The third-order valence-corrected chi connectivity index (χ3v) is 5.84. The van der Waals surface area contributed by atoms with Gasteiger partial charge in [-0.05, 0) is 66.8 Å². The Morgan fingerprint density at radius 2 is 1.70 bits per heavy atom. The highest BCUT2D eigenvalue weighted by molar-refractivity contribution is 5.95. The maximum Gasteiger partial charge on any atom is 0.384 e. The number of aromatic nitrogens is 3. The predicted molar refractivity (Wildman–Crippen MR) is 126 cm³/mol. The number of nitrogens with one attached hydrogen (secondary N) is 1. The van der Waals surface area contributed by atoms with Gasteiger partial charge in [0, 0.05) is 30.5 Å². The van der Waals surface area contributed by atoms with Crippen molar-refractivity contribution >= 4 is 28.4 Å². The van der Waals surface area contributed by atoms with Crippen molar-refractivity contribution in [2.75, 3.05) is 18.4 Å². The molecule has 0 bridgehead atoms. The third kappa shape index (κ3) is 4.15. The molecule has 33 heavy (non-hydrogen) atoms. The Balaban J connectivity index is 1.45. The number of rotatable bonds is 4. The monoisotopic (exact) mass is 441 g/mol. The zero-order valence-electron chi connectivity index (χ0n) is 17.9. The van der Waals surface area contributed by atoms with Crippen LogP contribution >= 0.6 is 0 Å². The lowest BCUT2D eigenvalue weighted by molar-refractivity contribution is 0.0724. The first-order chi connectivity index (χ1) is 16.1. The molecule has 8 heteroatoms. The highest BCUT2D eigenvalue weighted by atomic mass is 16.5. The Bertz CT molecular complexity index is 1390. The smallest absolute Gasteiger partial charge is 0.384 e. The SMILES string of the molecule is O=C(c1cccc(-c2cccc(Nc3nc(=O)n(O)c4ncccc34)c2)c1)N1CCCCC1. The molecule has 1 fully saturated rings. The zero-order chi connectivity index (χ0) is 22.8. The number of amides is 1. The van der Waals surface area contributed by atoms with Crippen LogP contribution in [0.2, 0.25) is 0 Å². The summed E-state index contributed by atoms with van der Waals surface area (Å²) < 4.78 is 0.432. The van der Waals surface area contributed by atoms with Gasteiger partial charge in [0.15, 0.2) is 5.65 Å². The Morgan fingerprint density at radius 3 is 2.52 bits per heavy atom. The molecule has 3 heterocycles. The van der Waals surface area contributed by atoms with Crippen molar-refractivity contribution in [1.82, 2.24) is 19.6 Å². The van der Waals surface area contributed by atoms with Gasteiger partial charge in [0.2, 0.25) is 0 Å². The lowest BCUT2D eigenvalue weighted by Crippen LogP contribution is -2.35. The van der Waals surface area contributed by atoms with Crippen LogP contribution in [0.3, 0.4) is 0 Å². The molecule has 2 aromatic carbocycles. The molecular weight excluding hydrogens is 418 g/mol. The van der Waals surface area contributed by atoms with Gasteiger partial charge < -0.3 is 15.4 Å². The van der Waals surface area contributed by atoms with Crippen LogP contribution in [0.5, 0.6) is 0 Å². The van der Waals surface area contributed by atoms with E-state index in [0.717, 1.165) is 37.1 Å². The molecule has 2 N–H and O–H groups in total. The summed E-state index contributed by atoms with van der Waals surface area (Å²) in [7, 11) is 0. The molecule has 0 unspecified atom stereocenters. The van der Waals surface area contributed by atoms with Crippen LogP contribution in [0, 0.1) is 0 Å². The van der Waals surface area contributed by atoms with Gasteiger partial charge in [0.05, 0.1) is 5.39 Å². The van der Waals surface area contributed by atoms with Crippen LogP contribution in [0.4, 0.5) is 11.5 Å². The van der Waals surface area contributed by atoms with Gasteiger partial charge in [-0.25, -0.2) is 9.78 Å². The van der Waals surface area contributed by atoms with Crippen molar-refractivity contribution in [2.45, 2.75) is 19.3 Å². The van der Waals surface area contributed by atoms with Crippen LogP contribution in [0.25, 0.3) is 22.2 Å². The number of carbonyl (C=O) groups excluding carboxylic acids is 1. The van der Waals surface area contributed by atoms with Crippen molar-refractivity contribution in [3.8, 4) is 11.1 Å². The highest BCUT2D eigenvalue weighted by Gasteiger charge is 2.18. The molecule has 1 saturated heterocycles. The van der Waals surface area contributed by atoms with Crippen LogP contribution in [-0.4, -0.2) is 43.8 Å². The van der Waals surface area contributed by atoms with Crippen molar-refractivity contribution in [2.24, 2.45) is 0 Å². The Kier molecular flexibility index (Phi) is 5.48. The van der Waals surface area contributed by atoms with E-state index in [1.54, 1.807) is 12.1 Å². The number of fused-ring (bicyclic) bond motifs is 1. The van der Waals surface area contributed by atoms with Crippen LogP contribution in [0.15, 0.2) is 71.7 Å². The lowest BCUT2D eigenvalue weighted by Gasteiger charge is -2.26. The standard InChI is InChI=1S/C25H23N5O3/c31-24(29-13-2-1-3-14-29)19-9-4-7-17(15-19)18-8-5-10-20(16-18)27-22-21-11-6-12-26-23(21)30(33)25(32)28-22/h4-12,15-16,33H,1-3,13-14H2,(H,27,28,32). The average molecular weight is 441 g/mol. The Labute approximate surface area is 190 Å². The summed E-state index contributed by atoms with van der Waals surface area (Å²) in [4.78, 5) is 34.9. The second kappa shape index (κ2) is 8.74. The van der Waals surface area contributed by atoms with Crippen molar-refractivity contribution in [3.63, 3.8) is 0 Å². The first-order valence-electron chi connectivity index (χ1n) is 10.9. The molecule has 5 rings (SSSR count). The van der Waals surface area contributed by atoms with E-state index < -0.39 is 5.69 Å². The molecule has 2 aromatic heterocycles. The number of benzene rings is 2. The Hall–Kier alpha value is -4.20. The Morgan fingerprint density at radius 1 is 0.939 bits per heavy atom. The molecule has 8 nitrogen and oxygen atoms in total. The summed E-state index contributed by atoms with van der Waals surface area (Å²) in [6.07, 6.45) is 4.78. The topological polar surface area (TPSA) is 100 Å². The lowest BCUT2D eigenvalue weighted by atomic mass is 10.0. The number of anilines is 2. The highest BCUT2D eigenvalue weighted by Crippen LogP contribution is 2.27. The molecule has 1 aliphatic rings. The van der Waals surface area contributed by atoms with E-state index in [1.807, 2.05) is 53.4 Å². The summed E-state index contributed by atoms with van der Waals surface area (Å²) >= 11 is 0.